The summed E-state index contributed by atoms with van der Waals surface area (Å²) < 4.78 is 5.61. The molecule has 3 heterocycles. The van der Waals surface area contributed by atoms with Crippen molar-refractivity contribution < 1.29 is 9.53 Å². The van der Waals surface area contributed by atoms with Crippen molar-refractivity contribution in [2.75, 3.05) is 19.8 Å². The molecule has 0 bridgehead atoms. The van der Waals surface area contributed by atoms with E-state index < -0.39 is 0 Å². The molecule has 0 N–H and O–H groups in total. The molecule has 0 spiro atoms. The number of rotatable bonds is 6. The van der Waals surface area contributed by atoms with Gasteiger partial charge in [-0.1, -0.05) is 6.07 Å². The highest BCUT2D eigenvalue weighted by Gasteiger charge is 2.29. The third kappa shape index (κ3) is 3.71. The van der Waals surface area contributed by atoms with Crippen molar-refractivity contribution in [3.05, 3.63) is 38.5 Å². The van der Waals surface area contributed by atoms with Gasteiger partial charge in [-0.25, -0.2) is 4.98 Å². The van der Waals surface area contributed by atoms with Crippen molar-refractivity contribution in [3.8, 4) is 0 Å². The number of ether oxygens (including phenoxy) is 1. The summed E-state index contributed by atoms with van der Waals surface area (Å²) in [6.45, 7) is 3.08. The van der Waals surface area contributed by atoms with Gasteiger partial charge in [0.05, 0.1) is 28.8 Å². The van der Waals surface area contributed by atoms with Crippen LogP contribution in [0.15, 0.2) is 22.9 Å². The van der Waals surface area contributed by atoms with Crippen LogP contribution in [0.4, 0.5) is 0 Å². The predicted octanol–water partition coefficient (Wildman–Crippen LogP) is 3.56. The lowest BCUT2D eigenvalue weighted by Gasteiger charge is -2.34. The summed E-state index contributed by atoms with van der Waals surface area (Å²) in [6, 6.07) is 4.00. The quantitative estimate of drug-likeness (QED) is 0.749. The van der Waals surface area contributed by atoms with Gasteiger partial charge in [-0.2, -0.15) is 0 Å². The Morgan fingerprint density at radius 3 is 3.09 bits per heavy atom. The number of hydrogen-bond donors (Lipinski definition) is 0. The van der Waals surface area contributed by atoms with Crippen LogP contribution in [0.5, 0.6) is 0 Å². The lowest BCUT2D eigenvalue weighted by atomic mass is 10.1. The Labute approximate surface area is 144 Å². The Bertz CT molecular complexity index is 664. The zero-order valence-electron chi connectivity index (χ0n) is 12.9. The minimum Gasteiger partial charge on any atom is -0.378 e. The van der Waals surface area contributed by atoms with Crippen LogP contribution < -0.4 is 0 Å². The maximum absolute atomic E-state index is 12.4. The number of morpholine rings is 1. The normalized spacial score (nSPS) is 22.3. The predicted molar refractivity (Wildman–Crippen MR) is 92.4 cm³/mol. The highest BCUT2D eigenvalue weighted by Crippen LogP contribution is 2.41. The van der Waals surface area contributed by atoms with Crippen LogP contribution in [0.3, 0.4) is 0 Å². The number of carbonyl (C=O) groups excluding carboxylic acids is 1. The summed E-state index contributed by atoms with van der Waals surface area (Å²) in [5.74, 6) is 0.937. The maximum Gasteiger partial charge on any atom is 0.174 e. The van der Waals surface area contributed by atoms with Crippen molar-refractivity contribution in [1.29, 1.82) is 0 Å². The summed E-state index contributed by atoms with van der Waals surface area (Å²) in [7, 11) is 0. The average Bonchev–Trinajstić information content (AvgIpc) is 3.08. The molecular formula is C17H20N2O2S2. The molecule has 0 radical (unpaired) electrons. The van der Waals surface area contributed by atoms with Gasteiger partial charge in [0.2, 0.25) is 0 Å². The molecule has 2 aromatic heterocycles. The van der Waals surface area contributed by atoms with E-state index in [-0.39, 0.29) is 11.8 Å². The standard InChI is InChI=1S/C17H20N2O2S2/c20-15(16-2-1-7-22-16)8-14-10-21-6-5-19(14)9-13-11-23-17(18-13)12-3-4-12/h1-2,7,11-12,14H,3-6,8-10H2/t14-/m0/s1. The van der Waals surface area contributed by atoms with Crippen LogP contribution in [0, 0.1) is 0 Å². The van der Waals surface area contributed by atoms with Gasteiger partial charge >= 0.3 is 0 Å². The van der Waals surface area contributed by atoms with E-state index in [4.69, 9.17) is 9.72 Å². The number of ketones is 1. The molecule has 1 aliphatic heterocycles. The maximum atomic E-state index is 12.4. The largest absolute Gasteiger partial charge is 0.378 e. The molecule has 1 saturated carbocycles. The number of thiophene rings is 1. The van der Waals surface area contributed by atoms with Crippen LogP contribution in [-0.4, -0.2) is 41.5 Å². The lowest BCUT2D eigenvalue weighted by Crippen LogP contribution is -2.45. The van der Waals surface area contributed by atoms with Gasteiger partial charge in [0.1, 0.15) is 0 Å². The molecule has 0 unspecified atom stereocenters. The van der Waals surface area contributed by atoms with E-state index >= 15 is 0 Å². The molecule has 23 heavy (non-hydrogen) atoms. The minimum absolute atomic E-state index is 0.157. The third-order valence-corrected chi connectivity index (χ3v) is 6.39. The van der Waals surface area contributed by atoms with Crippen LogP contribution in [0.1, 0.15) is 45.6 Å². The first-order valence-electron chi connectivity index (χ1n) is 8.12. The molecular weight excluding hydrogens is 328 g/mol. The topological polar surface area (TPSA) is 42.4 Å². The fraction of sp³-hybridized carbons (Fsp3) is 0.529. The van der Waals surface area contributed by atoms with Gasteiger partial charge in [-0.3, -0.25) is 9.69 Å². The molecule has 2 aliphatic rings. The summed E-state index contributed by atoms with van der Waals surface area (Å²) in [4.78, 5) is 20.4. The Balaban J connectivity index is 1.41. The van der Waals surface area contributed by atoms with Crippen molar-refractivity contribution in [2.45, 2.75) is 37.8 Å². The van der Waals surface area contributed by atoms with E-state index in [1.807, 2.05) is 17.5 Å². The fourth-order valence-electron chi connectivity index (χ4n) is 2.96. The first-order valence-corrected chi connectivity index (χ1v) is 9.88. The average molecular weight is 348 g/mol. The number of Topliss-reactive ketones (excluding diaryl/α,β-unsaturated/α-hetero) is 1. The monoisotopic (exact) mass is 348 g/mol. The molecule has 2 aromatic rings. The molecule has 1 aliphatic carbocycles. The fourth-order valence-corrected chi connectivity index (χ4v) is 4.62. The van der Waals surface area contributed by atoms with Crippen LogP contribution in [0.25, 0.3) is 0 Å². The molecule has 4 nitrogen and oxygen atoms in total. The van der Waals surface area contributed by atoms with Crippen molar-refractivity contribution in [3.63, 3.8) is 0 Å². The number of carbonyl (C=O) groups is 1. The molecule has 1 saturated heterocycles. The Morgan fingerprint density at radius 2 is 2.30 bits per heavy atom. The van der Waals surface area contributed by atoms with E-state index in [0.717, 1.165) is 36.2 Å². The van der Waals surface area contributed by atoms with Crippen LogP contribution in [0.2, 0.25) is 0 Å². The van der Waals surface area contributed by atoms with Gasteiger partial charge in [-0.05, 0) is 24.3 Å². The van der Waals surface area contributed by atoms with Gasteiger partial charge in [0.15, 0.2) is 5.78 Å². The molecule has 2 fully saturated rings. The molecule has 0 amide bonds. The molecule has 122 valence electrons. The SMILES string of the molecule is O=C(C[C@H]1COCCN1Cc1csc(C2CC2)n1)c1cccs1. The van der Waals surface area contributed by atoms with Gasteiger partial charge in [-0.15, -0.1) is 22.7 Å². The van der Waals surface area contributed by atoms with Gasteiger partial charge < -0.3 is 4.74 Å². The van der Waals surface area contributed by atoms with Crippen molar-refractivity contribution in [2.24, 2.45) is 0 Å². The zero-order chi connectivity index (χ0) is 15.6. The Morgan fingerprint density at radius 1 is 1.39 bits per heavy atom. The number of hydrogen-bond acceptors (Lipinski definition) is 6. The summed E-state index contributed by atoms with van der Waals surface area (Å²) in [5, 5.41) is 5.43. The number of aromatic nitrogens is 1. The lowest BCUT2D eigenvalue weighted by molar-refractivity contribution is -0.0130. The molecule has 0 aromatic carbocycles. The summed E-state index contributed by atoms with van der Waals surface area (Å²) in [5.41, 5.74) is 1.15. The highest BCUT2D eigenvalue weighted by atomic mass is 32.1. The van der Waals surface area contributed by atoms with Gasteiger partial charge in [0.25, 0.3) is 0 Å². The van der Waals surface area contributed by atoms with E-state index in [1.54, 1.807) is 11.3 Å². The second-order valence-electron chi connectivity index (χ2n) is 6.26. The minimum atomic E-state index is 0.157. The zero-order valence-corrected chi connectivity index (χ0v) is 14.6. The van der Waals surface area contributed by atoms with Crippen LogP contribution >= 0.6 is 22.7 Å². The van der Waals surface area contributed by atoms with Crippen molar-refractivity contribution >= 4 is 28.5 Å². The first-order chi connectivity index (χ1) is 11.3. The number of thiazole rings is 1. The van der Waals surface area contributed by atoms with E-state index in [2.05, 4.69) is 10.3 Å². The third-order valence-electron chi connectivity index (χ3n) is 4.43. The van der Waals surface area contributed by atoms with E-state index in [1.165, 1.54) is 29.2 Å². The van der Waals surface area contributed by atoms with E-state index in [9.17, 15) is 4.79 Å². The second kappa shape index (κ2) is 6.81. The summed E-state index contributed by atoms with van der Waals surface area (Å²) in [6.07, 6.45) is 3.12. The summed E-state index contributed by atoms with van der Waals surface area (Å²) >= 11 is 3.31. The highest BCUT2D eigenvalue weighted by molar-refractivity contribution is 7.12. The molecule has 4 rings (SSSR count). The molecule has 6 heteroatoms. The van der Waals surface area contributed by atoms with Crippen LogP contribution in [-0.2, 0) is 11.3 Å². The first kappa shape index (κ1) is 15.4. The Hall–Kier alpha value is -1.08. The van der Waals surface area contributed by atoms with E-state index in [0.29, 0.717) is 13.0 Å². The van der Waals surface area contributed by atoms with Crippen molar-refractivity contribution in [1.82, 2.24) is 9.88 Å². The smallest absolute Gasteiger partial charge is 0.174 e. The number of nitrogens with zero attached hydrogens (tertiary/aromatic N) is 2. The van der Waals surface area contributed by atoms with Gasteiger partial charge in [0, 0.05) is 36.9 Å². The Kier molecular flexibility index (Phi) is 4.57. The second-order valence-corrected chi connectivity index (χ2v) is 8.09. The molecule has 1 atom stereocenters.